The predicted molar refractivity (Wildman–Crippen MR) is 119 cm³/mol. The lowest BCUT2D eigenvalue weighted by molar-refractivity contribution is -0.120. The van der Waals surface area contributed by atoms with Crippen LogP contribution in [0.25, 0.3) is 10.6 Å². The van der Waals surface area contributed by atoms with Crippen LogP contribution in [0.4, 0.5) is 5.69 Å². The van der Waals surface area contributed by atoms with Crippen molar-refractivity contribution in [1.82, 2.24) is 15.8 Å². The first-order valence-corrected chi connectivity index (χ1v) is 10.2. The van der Waals surface area contributed by atoms with Crippen molar-refractivity contribution >= 4 is 28.8 Å². The van der Waals surface area contributed by atoms with E-state index in [-0.39, 0.29) is 12.5 Å². The Morgan fingerprint density at radius 1 is 1.07 bits per heavy atom. The number of hydrazine groups is 1. The van der Waals surface area contributed by atoms with Crippen molar-refractivity contribution in [3.8, 4) is 16.3 Å². The summed E-state index contributed by atoms with van der Waals surface area (Å²) in [6.45, 7) is 5.82. The van der Waals surface area contributed by atoms with Crippen molar-refractivity contribution in [2.75, 3.05) is 19.0 Å². The molecule has 0 fully saturated rings. The van der Waals surface area contributed by atoms with Gasteiger partial charge < -0.3 is 10.1 Å². The fraction of sp³-hybridized carbons (Fsp3) is 0.227. The number of carbonyl (C=O) groups is 2. The van der Waals surface area contributed by atoms with E-state index in [0.29, 0.717) is 22.0 Å². The number of hydrogen-bond acceptors (Lipinski definition) is 6. The van der Waals surface area contributed by atoms with Crippen molar-refractivity contribution < 1.29 is 14.3 Å². The lowest BCUT2D eigenvalue weighted by Crippen LogP contribution is -2.44. The van der Waals surface area contributed by atoms with Crippen LogP contribution >= 0.6 is 11.3 Å². The van der Waals surface area contributed by atoms with E-state index in [4.69, 9.17) is 4.74 Å². The molecule has 0 saturated heterocycles. The van der Waals surface area contributed by atoms with Crippen molar-refractivity contribution in [2.45, 2.75) is 20.8 Å². The summed E-state index contributed by atoms with van der Waals surface area (Å²) in [7, 11) is 1.56. The number of methoxy groups -OCH3 is 1. The molecule has 0 radical (unpaired) electrons. The number of para-hydroxylation sites is 2. The van der Waals surface area contributed by atoms with Crippen LogP contribution in [0.1, 0.15) is 26.5 Å². The van der Waals surface area contributed by atoms with Gasteiger partial charge in [-0.25, -0.2) is 4.98 Å². The van der Waals surface area contributed by atoms with Gasteiger partial charge in [-0.2, -0.15) is 0 Å². The van der Waals surface area contributed by atoms with Crippen LogP contribution in [0.5, 0.6) is 5.75 Å². The van der Waals surface area contributed by atoms with E-state index in [1.54, 1.807) is 26.2 Å². The van der Waals surface area contributed by atoms with Gasteiger partial charge in [0, 0.05) is 5.56 Å². The van der Waals surface area contributed by atoms with Gasteiger partial charge >= 0.3 is 0 Å². The highest BCUT2D eigenvalue weighted by atomic mass is 32.1. The van der Waals surface area contributed by atoms with Crippen LogP contribution in [0.15, 0.2) is 42.5 Å². The number of benzene rings is 2. The highest BCUT2D eigenvalue weighted by Gasteiger charge is 2.18. The van der Waals surface area contributed by atoms with Crippen LogP contribution in [-0.2, 0) is 4.79 Å². The highest BCUT2D eigenvalue weighted by molar-refractivity contribution is 7.17. The number of aromatic nitrogens is 1. The molecule has 0 aliphatic rings. The maximum Gasteiger partial charge on any atom is 0.281 e. The number of anilines is 1. The average Bonchev–Trinajstić information content (AvgIpc) is 3.12. The average molecular weight is 425 g/mol. The number of nitrogens with zero attached hydrogens (tertiary/aromatic N) is 1. The normalized spacial score (nSPS) is 10.4. The lowest BCUT2D eigenvalue weighted by atomic mass is 10.1. The molecule has 1 heterocycles. The summed E-state index contributed by atoms with van der Waals surface area (Å²) in [5.41, 5.74) is 9.46. The van der Waals surface area contributed by atoms with Gasteiger partial charge in [0.05, 0.1) is 25.0 Å². The first-order chi connectivity index (χ1) is 14.4. The molecule has 156 valence electrons. The third-order valence-corrected chi connectivity index (χ3v) is 5.67. The van der Waals surface area contributed by atoms with Gasteiger partial charge in [-0.3, -0.25) is 20.4 Å². The second-order valence-corrected chi connectivity index (χ2v) is 7.81. The van der Waals surface area contributed by atoms with Gasteiger partial charge in [-0.1, -0.05) is 35.9 Å². The van der Waals surface area contributed by atoms with Gasteiger partial charge in [0.25, 0.3) is 11.8 Å². The Hall–Kier alpha value is -3.39. The van der Waals surface area contributed by atoms with Crippen molar-refractivity contribution in [3.63, 3.8) is 0 Å². The van der Waals surface area contributed by atoms with Gasteiger partial charge in [0.15, 0.2) is 0 Å². The van der Waals surface area contributed by atoms with E-state index in [1.807, 2.05) is 38.1 Å². The maximum absolute atomic E-state index is 12.5. The number of aryl methyl sites for hydroxylation is 3. The third-order valence-electron chi connectivity index (χ3n) is 4.48. The molecule has 3 aromatic rings. The molecule has 3 rings (SSSR count). The molecule has 0 aliphatic heterocycles. The molecule has 7 nitrogen and oxygen atoms in total. The molecular weight excluding hydrogens is 400 g/mol. The highest BCUT2D eigenvalue weighted by Crippen LogP contribution is 2.30. The Morgan fingerprint density at radius 3 is 2.57 bits per heavy atom. The fourth-order valence-corrected chi connectivity index (χ4v) is 4.02. The molecular formula is C22H24N4O3S. The molecule has 2 aromatic carbocycles. The molecule has 0 saturated carbocycles. The molecule has 1 aromatic heterocycles. The van der Waals surface area contributed by atoms with Crippen LogP contribution in [0.3, 0.4) is 0 Å². The molecule has 0 unspecified atom stereocenters. The zero-order valence-corrected chi connectivity index (χ0v) is 18.1. The summed E-state index contributed by atoms with van der Waals surface area (Å²) in [5, 5.41) is 3.75. The summed E-state index contributed by atoms with van der Waals surface area (Å²) in [6.07, 6.45) is 0. The maximum atomic E-state index is 12.5. The zero-order chi connectivity index (χ0) is 21.7. The SMILES string of the molecule is COc1ccccc1NCC(=O)NNC(=O)c1sc(-c2ccc(C)cc2C)nc1C. The minimum atomic E-state index is -0.397. The molecule has 0 bridgehead atoms. The second kappa shape index (κ2) is 9.41. The lowest BCUT2D eigenvalue weighted by Gasteiger charge is -2.11. The third kappa shape index (κ3) is 4.96. The van der Waals surface area contributed by atoms with E-state index < -0.39 is 5.91 Å². The number of rotatable bonds is 6. The van der Waals surface area contributed by atoms with Crippen molar-refractivity contribution in [1.29, 1.82) is 0 Å². The number of amides is 2. The molecule has 8 heteroatoms. The number of carbonyl (C=O) groups excluding carboxylic acids is 2. The Balaban J connectivity index is 1.59. The number of ether oxygens (including phenoxy) is 1. The zero-order valence-electron chi connectivity index (χ0n) is 17.3. The van der Waals surface area contributed by atoms with Gasteiger partial charge in [0.1, 0.15) is 15.6 Å². The van der Waals surface area contributed by atoms with Crippen LogP contribution in [0.2, 0.25) is 0 Å². The second-order valence-electron chi connectivity index (χ2n) is 6.81. The summed E-state index contributed by atoms with van der Waals surface area (Å²) in [5.74, 6) is -0.147. The van der Waals surface area contributed by atoms with E-state index in [1.165, 1.54) is 16.9 Å². The number of thiazole rings is 1. The van der Waals surface area contributed by atoms with Gasteiger partial charge in [0.2, 0.25) is 0 Å². The molecule has 0 aliphatic carbocycles. The van der Waals surface area contributed by atoms with E-state index >= 15 is 0 Å². The summed E-state index contributed by atoms with van der Waals surface area (Å²) >= 11 is 1.30. The van der Waals surface area contributed by atoms with Crippen molar-refractivity contribution in [2.24, 2.45) is 0 Å². The van der Waals surface area contributed by atoms with Crippen LogP contribution in [0, 0.1) is 20.8 Å². The Labute approximate surface area is 179 Å². The quantitative estimate of drug-likeness (QED) is 0.526. The van der Waals surface area contributed by atoms with Crippen molar-refractivity contribution in [3.05, 3.63) is 64.2 Å². The smallest absolute Gasteiger partial charge is 0.281 e. The Kier molecular flexibility index (Phi) is 6.68. The Bertz CT molecular complexity index is 1080. The topological polar surface area (TPSA) is 92.4 Å². The summed E-state index contributed by atoms with van der Waals surface area (Å²) in [4.78, 5) is 29.6. The minimum absolute atomic E-state index is 0.0177. The Morgan fingerprint density at radius 2 is 1.83 bits per heavy atom. The molecule has 3 N–H and O–H groups in total. The largest absolute Gasteiger partial charge is 0.495 e. The van der Waals surface area contributed by atoms with Gasteiger partial charge in [-0.15, -0.1) is 11.3 Å². The fourth-order valence-electron chi connectivity index (χ4n) is 2.97. The first-order valence-electron chi connectivity index (χ1n) is 9.40. The predicted octanol–water partition coefficient (Wildman–Crippen LogP) is 3.62. The van der Waals surface area contributed by atoms with Gasteiger partial charge in [-0.05, 0) is 38.5 Å². The molecule has 0 atom stereocenters. The first kappa shape index (κ1) is 21.3. The van der Waals surface area contributed by atoms with Crippen LogP contribution < -0.4 is 20.9 Å². The van der Waals surface area contributed by atoms with E-state index in [0.717, 1.165) is 16.1 Å². The van der Waals surface area contributed by atoms with E-state index in [2.05, 4.69) is 27.2 Å². The van der Waals surface area contributed by atoms with E-state index in [9.17, 15) is 9.59 Å². The molecule has 30 heavy (non-hydrogen) atoms. The van der Waals surface area contributed by atoms with Crippen LogP contribution in [-0.4, -0.2) is 30.5 Å². The standard InChI is InChI=1S/C22H24N4O3S/c1-13-9-10-16(14(2)11-13)22-24-15(3)20(30-22)21(28)26-25-19(27)12-23-17-7-5-6-8-18(17)29-4/h5-11,23H,12H2,1-4H3,(H,25,27)(H,26,28). The molecule has 0 spiro atoms. The summed E-state index contributed by atoms with van der Waals surface area (Å²) in [6, 6.07) is 13.4. The molecule has 2 amide bonds. The number of hydrogen-bond donors (Lipinski definition) is 3. The number of nitrogens with one attached hydrogen (secondary N) is 3. The minimum Gasteiger partial charge on any atom is -0.495 e. The monoisotopic (exact) mass is 424 g/mol. The summed E-state index contributed by atoms with van der Waals surface area (Å²) < 4.78 is 5.23.